The van der Waals surface area contributed by atoms with Crippen LogP contribution in [0.2, 0.25) is 5.02 Å². The molecule has 0 aliphatic heterocycles. The Bertz CT molecular complexity index is 1120. The van der Waals surface area contributed by atoms with Crippen LogP contribution in [-0.4, -0.2) is 21.4 Å². The SMILES string of the molecule is CNS(=O)(=O)c1cc(NC(=O)c2oc3c(Cl)cccc3c2C)ccc1C. The summed E-state index contributed by atoms with van der Waals surface area (Å²) in [4.78, 5) is 12.7. The minimum absolute atomic E-state index is 0.0992. The van der Waals surface area contributed by atoms with Crippen molar-refractivity contribution < 1.29 is 17.6 Å². The van der Waals surface area contributed by atoms with Crippen LogP contribution in [0, 0.1) is 13.8 Å². The molecule has 0 spiro atoms. The molecule has 2 N–H and O–H groups in total. The molecule has 26 heavy (non-hydrogen) atoms. The normalized spacial score (nSPS) is 11.7. The molecule has 6 nitrogen and oxygen atoms in total. The predicted molar refractivity (Wildman–Crippen MR) is 101 cm³/mol. The van der Waals surface area contributed by atoms with Gasteiger partial charge in [-0.15, -0.1) is 0 Å². The highest BCUT2D eigenvalue weighted by atomic mass is 35.5. The van der Waals surface area contributed by atoms with E-state index in [1.54, 1.807) is 38.1 Å². The number of fused-ring (bicyclic) bond motifs is 1. The van der Waals surface area contributed by atoms with Crippen molar-refractivity contribution in [3.05, 3.63) is 58.3 Å². The molecule has 0 saturated heterocycles. The average molecular weight is 393 g/mol. The number of rotatable bonds is 4. The smallest absolute Gasteiger partial charge is 0.291 e. The van der Waals surface area contributed by atoms with Crippen molar-refractivity contribution in [1.82, 2.24) is 4.72 Å². The highest BCUT2D eigenvalue weighted by Gasteiger charge is 2.20. The minimum Gasteiger partial charge on any atom is -0.449 e. The van der Waals surface area contributed by atoms with Crippen molar-refractivity contribution in [2.45, 2.75) is 18.7 Å². The number of benzene rings is 2. The van der Waals surface area contributed by atoms with Crippen LogP contribution in [0.3, 0.4) is 0 Å². The summed E-state index contributed by atoms with van der Waals surface area (Å²) in [6.45, 7) is 3.45. The summed E-state index contributed by atoms with van der Waals surface area (Å²) in [7, 11) is -2.29. The van der Waals surface area contributed by atoms with Crippen molar-refractivity contribution in [2.75, 3.05) is 12.4 Å². The maximum absolute atomic E-state index is 12.6. The zero-order valence-corrected chi connectivity index (χ0v) is 16.0. The largest absolute Gasteiger partial charge is 0.449 e. The minimum atomic E-state index is -3.63. The van der Waals surface area contributed by atoms with E-state index in [0.29, 0.717) is 27.4 Å². The molecule has 8 heteroatoms. The number of hydrogen-bond donors (Lipinski definition) is 2. The number of amides is 1. The predicted octanol–water partition coefficient (Wildman–Crippen LogP) is 3.86. The number of sulfonamides is 1. The fraction of sp³-hybridized carbons (Fsp3) is 0.167. The second kappa shape index (κ2) is 6.75. The number of anilines is 1. The van der Waals surface area contributed by atoms with Gasteiger partial charge in [0.25, 0.3) is 5.91 Å². The van der Waals surface area contributed by atoms with Crippen molar-refractivity contribution >= 4 is 44.2 Å². The van der Waals surface area contributed by atoms with E-state index in [4.69, 9.17) is 16.0 Å². The van der Waals surface area contributed by atoms with Gasteiger partial charge in [0.05, 0.1) is 9.92 Å². The number of furan rings is 1. The lowest BCUT2D eigenvalue weighted by Gasteiger charge is -2.10. The van der Waals surface area contributed by atoms with Gasteiger partial charge in [-0.05, 0) is 44.7 Å². The van der Waals surface area contributed by atoms with Crippen LogP contribution in [-0.2, 0) is 10.0 Å². The molecule has 0 bridgehead atoms. The first-order valence-corrected chi connectivity index (χ1v) is 9.64. The Balaban J connectivity index is 1.98. The molecule has 136 valence electrons. The van der Waals surface area contributed by atoms with Crippen LogP contribution < -0.4 is 10.0 Å². The third-order valence-corrected chi connectivity index (χ3v) is 5.98. The Hall–Kier alpha value is -2.35. The maximum Gasteiger partial charge on any atom is 0.291 e. The molecular formula is C18H17ClN2O4S. The number of para-hydroxylation sites is 1. The summed E-state index contributed by atoms with van der Waals surface area (Å²) in [5.74, 6) is -0.349. The summed E-state index contributed by atoms with van der Waals surface area (Å²) in [6, 6.07) is 9.95. The van der Waals surface area contributed by atoms with E-state index < -0.39 is 15.9 Å². The van der Waals surface area contributed by atoms with Crippen LogP contribution in [0.15, 0.2) is 45.7 Å². The molecule has 0 atom stereocenters. The summed E-state index contributed by atoms with van der Waals surface area (Å²) in [5, 5.41) is 3.85. The van der Waals surface area contributed by atoms with Crippen LogP contribution >= 0.6 is 11.6 Å². The molecule has 1 amide bonds. The third kappa shape index (κ3) is 3.21. The fourth-order valence-corrected chi connectivity index (χ4v) is 3.90. The Morgan fingerprint density at radius 2 is 1.88 bits per heavy atom. The quantitative estimate of drug-likeness (QED) is 0.705. The average Bonchev–Trinajstić information content (AvgIpc) is 2.95. The molecule has 0 aliphatic carbocycles. The van der Waals surface area contributed by atoms with Gasteiger partial charge in [0.1, 0.15) is 0 Å². The van der Waals surface area contributed by atoms with Crippen LogP contribution in [0.5, 0.6) is 0 Å². The van der Waals surface area contributed by atoms with E-state index >= 15 is 0 Å². The number of carbonyl (C=O) groups excluding carboxylic acids is 1. The second-order valence-electron chi connectivity index (χ2n) is 5.81. The third-order valence-electron chi connectivity index (χ3n) is 4.13. The van der Waals surface area contributed by atoms with Gasteiger partial charge in [0, 0.05) is 16.6 Å². The fourth-order valence-electron chi connectivity index (χ4n) is 2.69. The zero-order chi connectivity index (χ0) is 19.1. The van der Waals surface area contributed by atoms with Gasteiger partial charge in [-0.25, -0.2) is 13.1 Å². The lowest BCUT2D eigenvalue weighted by atomic mass is 10.1. The lowest BCUT2D eigenvalue weighted by Crippen LogP contribution is -2.20. The highest BCUT2D eigenvalue weighted by Crippen LogP contribution is 2.31. The van der Waals surface area contributed by atoms with Gasteiger partial charge in [-0.3, -0.25) is 4.79 Å². The van der Waals surface area contributed by atoms with E-state index in [9.17, 15) is 13.2 Å². The Kier molecular flexibility index (Phi) is 4.79. The molecule has 0 unspecified atom stereocenters. The zero-order valence-electron chi connectivity index (χ0n) is 14.4. The molecule has 0 aliphatic rings. The number of halogens is 1. The molecule has 0 radical (unpaired) electrons. The highest BCUT2D eigenvalue weighted by molar-refractivity contribution is 7.89. The Labute approximate surface area is 156 Å². The number of carbonyl (C=O) groups is 1. The summed E-state index contributed by atoms with van der Waals surface area (Å²) in [6.07, 6.45) is 0. The van der Waals surface area contributed by atoms with Crippen LogP contribution in [0.4, 0.5) is 5.69 Å². The van der Waals surface area contributed by atoms with E-state index in [1.165, 1.54) is 13.1 Å². The van der Waals surface area contributed by atoms with E-state index in [1.807, 2.05) is 6.07 Å². The molecule has 0 saturated carbocycles. The van der Waals surface area contributed by atoms with Gasteiger partial charge >= 0.3 is 0 Å². The molecule has 2 aromatic carbocycles. The maximum atomic E-state index is 12.6. The standard InChI is InChI=1S/C18H17ClN2O4S/c1-10-7-8-12(9-15(10)26(23,24)20-3)21-18(22)16-11(2)13-5-4-6-14(19)17(13)25-16/h4-9,20H,1-3H3,(H,21,22). The van der Waals surface area contributed by atoms with Crippen LogP contribution in [0.1, 0.15) is 21.7 Å². The summed E-state index contributed by atoms with van der Waals surface area (Å²) < 4.78 is 32.1. The lowest BCUT2D eigenvalue weighted by molar-refractivity contribution is 0.0998. The number of hydrogen-bond acceptors (Lipinski definition) is 4. The summed E-state index contributed by atoms with van der Waals surface area (Å²) >= 11 is 6.11. The van der Waals surface area contributed by atoms with Gasteiger partial charge in [-0.1, -0.05) is 29.8 Å². The molecule has 3 rings (SSSR count). The van der Waals surface area contributed by atoms with Crippen LogP contribution in [0.25, 0.3) is 11.0 Å². The van der Waals surface area contributed by atoms with E-state index in [2.05, 4.69) is 10.0 Å². The number of nitrogens with one attached hydrogen (secondary N) is 2. The second-order valence-corrected chi connectivity index (χ2v) is 8.08. The van der Waals surface area contributed by atoms with Crippen molar-refractivity contribution in [2.24, 2.45) is 0 Å². The van der Waals surface area contributed by atoms with Crippen molar-refractivity contribution in [3.63, 3.8) is 0 Å². The Morgan fingerprint density at radius 3 is 2.54 bits per heavy atom. The van der Waals surface area contributed by atoms with Gasteiger partial charge in [-0.2, -0.15) is 0 Å². The van der Waals surface area contributed by atoms with Crippen molar-refractivity contribution in [1.29, 1.82) is 0 Å². The van der Waals surface area contributed by atoms with E-state index in [-0.39, 0.29) is 10.7 Å². The molecule has 1 aromatic heterocycles. The van der Waals surface area contributed by atoms with Gasteiger partial charge in [0.15, 0.2) is 11.3 Å². The summed E-state index contributed by atoms with van der Waals surface area (Å²) in [5.41, 5.74) is 2.03. The van der Waals surface area contributed by atoms with E-state index in [0.717, 1.165) is 5.39 Å². The van der Waals surface area contributed by atoms with Gasteiger partial charge < -0.3 is 9.73 Å². The Morgan fingerprint density at radius 1 is 1.15 bits per heavy atom. The topological polar surface area (TPSA) is 88.4 Å². The first kappa shape index (κ1) is 18.4. The first-order valence-electron chi connectivity index (χ1n) is 7.77. The molecule has 1 heterocycles. The van der Waals surface area contributed by atoms with Crippen molar-refractivity contribution in [3.8, 4) is 0 Å². The van der Waals surface area contributed by atoms with Gasteiger partial charge in [0.2, 0.25) is 10.0 Å². The molecule has 3 aromatic rings. The first-order chi connectivity index (χ1) is 12.2. The molecule has 0 fully saturated rings. The monoisotopic (exact) mass is 392 g/mol. The number of aryl methyl sites for hydroxylation is 2. The molecular weight excluding hydrogens is 376 g/mol.